The van der Waals surface area contributed by atoms with E-state index in [4.69, 9.17) is 13.9 Å². The van der Waals surface area contributed by atoms with Gasteiger partial charge >= 0.3 is 5.97 Å². The van der Waals surface area contributed by atoms with E-state index >= 15 is 0 Å². The van der Waals surface area contributed by atoms with Gasteiger partial charge in [-0.1, -0.05) is 43.0 Å². The Balaban J connectivity index is 1.48. The van der Waals surface area contributed by atoms with E-state index in [0.29, 0.717) is 30.7 Å². The number of hydrogen-bond donors (Lipinski definition) is 0. The number of carbonyl (C=O) groups is 2. The molecule has 1 aliphatic heterocycles. The van der Waals surface area contributed by atoms with Gasteiger partial charge in [-0.3, -0.25) is 4.79 Å². The van der Waals surface area contributed by atoms with Crippen molar-refractivity contribution in [1.29, 1.82) is 0 Å². The summed E-state index contributed by atoms with van der Waals surface area (Å²) in [4.78, 5) is 26.8. The van der Waals surface area contributed by atoms with Crippen molar-refractivity contribution in [2.75, 3.05) is 7.11 Å². The van der Waals surface area contributed by atoms with E-state index in [1.54, 1.807) is 30.2 Å². The van der Waals surface area contributed by atoms with Crippen LogP contribution < -0.4 is 0 Å². The summed E-state index contributed by atoms with van der Waals surface area (Å²) in [6.45, 7) is 4.57. The van der Waals surface area contributed by atoms with Gasteiger partial charge in [0.25, 0.3) is 5.91 Å². The molecule has 1 unspecified atom stereocenters. The third kappa shape index (κ3) is 4.59. The van der Waals surface area contributed by atoms with Crippen molar-refractivity contribution < 1.29 is 23.5 Å². The van der Waals surface area contributed by atoms with Crippen LogP contribution in [0.25, 0.3) is 0 Å². The van der Waals surface area contributed by atoms with Crippen LogP contribution in [0.15, 0.2) is 101 Å². The van der Waals surface area contributed by atoms with Crippen LogP contribution >= 0.6 is 0 Å². The Kier molecular flexibility index (Phi) is 6.00. The fourth-order valence-corrected chi connectivity index (χ4v) is 3.63. The van der Waals surface area contributed by atoms with Crippen molar-refractivity contribution in [2.45, 2.75) is 25.5 Å². The molecular weight excluding hydrogens is 394 g/mol. The van der Waals surface area contributed by atoms with E-state index in [9.17, 15) is 9.59 Å². The molecule has 6 nitrogen and oxygen atoms in total. The maximum atomic E-state index is 12.9. The number of benzene rings is 1. The number of nitrogens with zero attached hydrogens (tertiary/aromatic N) is 1. The van der Waals surface area contributed by atoms with Crippen molar-refractivity contribution in [1.82, 2.24) is 4.90 Å². The molecule has 0 radical (unpaired) electrons. The molecule has 158 valence electrons. The predicted molar refractivity (Wildman–Crippen MR) is 115 cm³/mol. The first kappa shape index (κ1) is 20.6. The Hall–Kier alpha value is -3.64. The van der Waals surface area contributed by atoms with E-state index in [2.05, 4.69) is 6.58 Å². The van der Waals surface area contributed by atoms with Gasteiger partial charge in [0.1, 0.15) is 11.9 Å². The van der Waals surface area contributed by atoms with Crippen LogP contribution in [0.5, 0.6) is 0 Å². The summed E-state index contributed by atoms with van der Waals surface area (Å²) in [6.07, 6.45) is 7.38. The first-order valence-corrected chi connectivity index (χ1v) is 9.98. The molecule has 0 bridgehead atoms. The fraction of sp³-hybridized carbons (Fsp3) is 0.200. The second kappa shape index (κ2) is 9.02. The highest BCUT2D eigenvalue weighted by molar-refractivity contribution is 5.98. The molecule has 0 spiro atoms. The standard InChI is InChI=1S/C25H23NO5/c1-17-13-20(24(27)26(17)16-18-7-4-3-5-8-18)14-19-10-11-21(23(15-19)29-2)31-25(28)22-9-6-12-30-22/h3-12,14,23H,1,13,15-16H2,2H3. The molecule has 1 fully saturated rings. The number of rotatable bonds is 6. The number of ether oxygens (including phenoxy) is 2. The second-order valence-corrected chi connectivity index (χ2v) is 7.40. The Morgan fingerprint density at radius 1 is 1.23 bits per heavy atom. The smallest absolute Gasteiger partial charge is 0.379 e. The zero-order valence-corrected chi connectivity index (χ0v) is 17.2. The van der Waals surface area contributed by atoms with Gasteiger partial charge in [0.15, 0.2) is 0 Å². The highest BCUT2D eigenvalue weighted by atomic mass is 16.6. The van der Waals surface area contributed by atoms with Crippen molar-refractivity contribution in [2.24, 2.45) is 0 Å². The molecule has 31 heavy (non-hydrogen) atoms. The molecule has 2 heterocycles. The monoisotopic (exact) mass is 417 g/mol. The lowest BCUT2D eigenvalue weighted by atomic mass is 9.98. The molecule has 6 heteroatoms. The summed E-state index contributed by atoms with van der Waals surface area (Å²) in [5.41, 5.74) is 3.44. The molecule has 0 N–H and O–H groups in total. The third-order valence-corrected chi connectivity index (χ3v) is 5.26. The van der Waals surface area contributed by atoms with Crippen LogP contribution in [0.4, 0.5) is 0 Å². The summed E-state index contributed by atoms with van der Waals surface area (Å²) in [7, 11) is 1.56. The molecule has 1 aromatic carbocycles. The summed E-state index contributed by atoms with van der Waals surface area (Å²) >= 11 is 0. The van der Waals surface area contributed by atoms with E-state index in [1.165, 1.54) is 6.26 Å². The summed E-state index contributed by atoms with van der Waals surface area (Å²) in [5.74, 6) is -0.0878. The first-order valence-electron chi connectivity index (χ1n) is 9.98. The molecule has 0 saturated carbocycles. The molecule has 1 saturated heterocycles. The lowest BCUT2D eigenvalue weighted by Gasteiger charge is -2.22. The molecule has 1 aliphatic carbocycles. The molecular formula is C25H23NO5. The maximum absolute atomic E-state index is 12.9. The first-order chi connectivity index (χ1) is 15.0. The van der Waals surface area contributed by atoms with Gasteiger partial charge in [-0.2, -0.15) is 0 Å². The van der Waals surface area contributed by atoms with Crippen LogP contribution in [0.2, 0.25) is 0 Å². The maximum Gasteiger partial charge on any atom is 0.379 e. The lowest BCUT2D eigenvalue weighted by Crippen LogP contribution is -2.23. The summed E-state index contributed by atoms with van der Waals surface area (Å²) in [6, 6.07) is 13.0. The Bertz CT molecular complexity index is 1080. The number of methoxy groups -OCH3 is 1. The van der Waals surface area contributed by atoms with Gasteiger partial charge in [-0.15, -0.1) is 0 Å². The molecule has 2 aliphatic rings. The van der Waals surface area contributed by atoms with E-state index in [1.807, 2.05) is 42.5 Å². The topological polar surface area (TPSA) is 69.0 Å². The number of hydrogen-bond acceptors (Lipinski definition) is 5. The minimum absolute atomic E-state index is 0.0391. The number of allylic oxidation sites excluding steroid dienone is 4. The van der Waals surface area contributed by atoms with Gasteiger partial charge in [-0.25, -0.2) is 4.79 Å². The van der Waals surface area contributed by atoms with Crippen LogP contribution in [-0.4, -0.2) is 30.0 Å². The van der Waals surface area contributed by atoms with Crippen LogP contribution in [0, 0.1) is 0 Å². The minimum atomic E-state index is -0.577. The normalized spacial score (nSPS) is 20.1. The molecule has 1 aromatic heterocycles. The quantitative estimate of drug-likeness (QED) is 0.510. The van der Waals surface area contributed by atoms with Gasteiger partial charge in [0, 0.05) is 31.2 Å². The minimum Gasteiger partial charge on any atom is -0.457 e. The molecule has 1 amide bonds. The molecule has 4 rings (SSSR count). The van der Waals surface area contributed by atoms with E-state index in [0.717, 1.165) is 16.8 Å². The zero-order chi connectivity index (χ0) is 21.8. The van der Waals surface area contributed by atoms with Crippen LogP contribution in [-0.2, 0) is 20.8 Å². The number of carbonyl (C=O) groups excluding carboxylic acids is 2. The van der Waals surface area contributed by atoms with Crippen molar-refractivity contribution in [3.63, 3.8) is 0 Å². The highest BCUT2D eigenvalue weighted by Crippen LogP contribution is 2.31. The summed E-state index contributed by atoms with van der Waals surface area (Å²) < 4.78 is 16.0. The molecule has 2 aromatic rings. The second-order valence-electron chi connectivity index (χ2n) is 7.40. The zero-order valence-electron chi connectivity index (χ0n) is 17.2. The van der Waals surface area contributed by atoms with Crippen LogP contribution in [0.1, 0.15) is 29.0 Å². The number of furan rings is 1. The van der Waals surface area contributed by atoms with Crippen LogP contribution in [0.3, 0.4) is 0 Å². The Labute approximate surface area is 180 Å². The number of esters is 1. The SMILES string of the molecule is C=C1CC(=CC2=CC=C(OC(=O)c3ccco3)C(OC)C2)C(=O)N1Cc1ccccc1. The number of amides is 1. The third-order valence-electron chi connectivity index (χ3n) is 5.26. The Morgan fingerprint density at radius 2 is 2.03 bits per heavy atom. The van der Waals surface area contributed by atoms with Crippen molar-refractivity contribution >= 4 is 11.9 Å². The van der Waals surface area contributed by atoms with Crippen molar-refractivity contribution in [3.05, 3.63) is 107 Å². The largest absolute Gasteiger partial charge is 0.457 e. The Morgan fingerprint density at radius 3 is 2.74 bits per heavy atom. The predicted octanol–water partition coefficient (Wildman–Crippen LogP) is 4.54. The van der Waals surface area contributed by atoms with Gasteiger partial charge in [0.05, 0.1) is 12.8 Å². The van der Waals surface area contributed by atoms with Gasteiger partial charge in [0.2, 0.25) is 5.76 Å². The number of likely N-dealkylation sites (tertiary alicyclic amines) is 1. The lowest BCUT2D eigenvalue weighted by molar-refractivity contribution is -0.124. The highest BCUT2D eigenvalue weighted by Gasteiger charge is 2.30. The van der Waals surface area contributed by atoms with Gasteiger partial charge in [-0.05, 0) is 35.4 Å². The van der Waals surface area contributed by atoms with E-state index < -0.39 is 12.1 Å². The van der Waals surface area contributed by atoms with E-state index in [-0.39, 0.29) is 11.7 Å². The van der Waals surface area contributed by atoms with Crippen molar-refractivity contribution in [3.8, 4) is 0 Å². The average molecular weight is 417 g/mol. The summed E-state index contributed by atoms with van der Waals surface area (Å²) in [5, 5.41) is 0. The fourth-order valence-electron chi connectivity index (χ4n) is 3.63. The average Bonchev–Trinajstić information content (AvgIpc) is 3.41. The van der Waals surface area contributed by atoms with Gasteiger partial charge < -0.3 is 18.8 Å². The molecule has 1 atom stereocenters.